The smallest absolute Gasteiger partial charge is 0.290 e. The third-order valence-corrected chi connectivity index (χ3v) is 6.44. The van der Waals surface area contributed by atoms with Gasteiger partial charge >= 0.3 is 0 Å². The average Bonchev–Trinajstić information content (AvgIpc) is 3.45. The number of carbonyl (C=O) groups excluding carboxylic acids is 1. The van der Waals surface area contributed by atoms with Crippen LogP contribution in [0.3, 0.4) is 0 Å². The fourth-order valence-corrected chi connectivity index (χ4v) is 4.70. The highest BCUT2D eigenvalue weighted by molar-refractivity contribution is 5.78. The number of aliphatic hydroxyl groups excluding tert-OH is 1. The number of amides is 1. The van der Waals surface area contributed by atoms with Gasteiger partial charge in [0.1, 0.15) is 0 Å². The summed E-state index contributed by atoms with van der Waals surface area (Å²) in [6.07, 6.45) is 4.50. The second-order valence-corrected chi connectivity index (χ2v) is 8.81. The molecular weight excluding hydrogens is 424 g/mol. The molecular formula is C24H34N4O5. The van der Waals surface area contributed by atoms with E-state index in [0.29, 0.717) is 18.2 Å². The Hall–Kier alpha value is -2.78. The van der Waals surface area contributed by atoms with Crippen LogP contribution in [-0.2, 0) is 22.4 Å². The summed E-state index contributed by atoms with van der Waals surface area (Å²) in [5.74, 6) is 2.52. The number of aryl methyl sites for hydroxylation is 1. The predicted octanol–water partition coefficient (Wildman–Crippen LogP) is 1.88. The molecule has 1 amide bonds. The van der Waals surface area contributed by atoms with Gasteiger partial charge in [0.05, 0.1) is 13.0 Å². The molecule has 2 fully saturated rings. The van der Waals surface area contributed by atoms with E-state index in [1.54, 1.807) is 6.92 Å². The SMILES string of the molecule is Cc1nc(C2CCN(C(=O)Cc3ccc(CC4CCN(CCO)C4)cc3)CC2)no1.O=CO. The monoisotopic (exact) mass is 458 g/mol. The quantitative estimate of drug-likeness (QED) is 0.604. The Labute approximate surface area is 194 Å². The molecule has 9 heteroatoms. The van der Waals surface area contributed by atoms with Crippen molar-refractivity contribution in [2.75, 3.05) is 39.3 Å². The summed E-state index contributed by atoms with van der Waals surface area (Å²) < 4.78 is 5.08. The van der Waals surface area contributed by atoms with Crippen LogP contribution in [-0.4, -0.2) is 81.9 Å². The number of aromatic nitrogens is 2. The van der Waals surface area contributed by atoms with Crippen molar-refractivity contribution >= 4 is 12.4 Å². The van der Waals surface area contributed by atoms with Gasteiger partial charge in [0, 0.05) is 39.0 Å². The molecule has 2 aliphatic rings. The van der Waals surface area contributed by atoms with E-state index in [2.05, 4.69) is 39.3 Å². The first-order valence-corrected chi connectivity index (χ1v) is 11.6. The molecule has 4 rings (SSSR count). The topological polar surface area (TPSA) is 120 Å². The lowest BCUT2D eigenvalue weighted by Gasteiger charge is -2.30. The molecule has 0 radical (unpaired) electrons. The van der Waals surface area contributed by atoms with Gasteiger partial charge in [-0.1, -0.05) is 29.4 Å². The number of carboxylic acid groups (broad SMARTS) is 1. The molecule has 1 aromatic heterocycles. The molecule has 3 heterocycles. The van der Waals surface area contributed by atoms with E-state index >= 15 is 0 Å². The van der Waals surface area contributed by atoms with Crippen LogP contribution in [0.25, 0.3) is 0 Å². The number of aliphatic hydroxyl groups is 1. The minimum absolute atomic E-state index is 0.195. The molecule has 0 saturated carbocycles. The van der Waals surface area contributed by atoms with E-state index in [1.807, 2.05) is 4.90 Å². The van der Waals surface area contributed by atoms with Crippen molar-refractivity contribution in [1.29, 1.82) is 0 Å². The van der Waals surface area contributed by atoms with Gasteiger partial charge in [-0.3, -0.25) is 9.59 Å². The number of likely N-dealkylation sites (tertiary alicyclic amines) is 2. The molecule has 1 unspecified atom stereocenters. The molecule has 0 spiro atoms. The molecule has 1 aromatic carbocycles. The average molecular weight is 459 g/mol. The fourth-order valence-electron chi connectivity index (χ4n) is 4.70. The van der Waals surface area contributed by atoms with Gasteiger partial charge in [-0.2, -0.15) is 4.98 Å². The predicted molar refractivity (Wildman–Crippen MR) is 122 cm³/mol. The molecule has 0 aliphatic carbocycles. The van der Waals surface area contributed by atoms with Crippen molar-refractivity contribution in [3.05, 3.63) is 47.1 Å². The van der Waals surface area contributed by atoms with Crippen LogP contribution in [0.2, 0.25) is 0 Å². The van der Waals surface area contributed by atoms with Crippen LogP contribution in [0.15, 0.2) is 28.8 Å². The molecule has 33 heavy (non-hydrogen) atoms. The van der Waals surface area contributed by atoms with Gasteiger partial charge in [0.2, 0.25) is 11.8 Å². The zero-order chi connectivity index (χ0) is 23.6. The van der Waals surface area contributed by atoms with Gasteiger partial charge in [-0.05, 0) is 49.3 Å². The first-order chi connectivity index (χ1) is 16.0. The molecule has 2 saturated heterocycles. The third kappa shape index (κ3) is 7.36. The largest absolute Gasteiger partial charge is 0.483 e. The molecule has 2 aliphatic heterocycles. The number of piperidine rings is 1. The van der Waals surface area contributed by atoms with Crippen molar-refractivity contribution in [2.45, 2.75) is 44.9 Å². The van der Waals surface area contributed by atoms with E-state index in [-0.39, 0.29) is 24.9 Å². The summed E-state index contributed by atoms with van der Waals surface area (Å²) in [5, 5.41) is 20.0. The summed E-state index contributed by atoms with van der Waals surface area (Å²) in [6, 6.07) is 8.54. The van der Waals surface area contributed by atoms with Crippen molar-refractivity contribution in [3.63, 3.8) is 0 Å². The van der Waals surface area contributed by atoms with Crippen molar-refractivity contribution < 1.29 is 24.3 Å². The second kappa shape index (κ2) is 12.5. The van der Waals surface area contributed by atoms with Crippen LogP contribution >= 0.6 is 0 Å². The summed E-state index contributed by atoms with van der Waals surface area (Å²) in [6.45, 7) is 6.23. The maximum absolute atomic E-state index is 12.7. The lowest BCUT2D eigenvalue weighted by Crippen LogP contribution is -2.39. The number of β-amino-alcohol motifs (C(OH)–C–C–N with tert-alkyl or cyclic N) is 1. The van der Waals surface area contributed by atoms with E-state index in [9.17, 15) is 4.79 Å². The summed E-state index contributed by atoms with van der Waals surface area (Å²) in [4.78, 5) is 29.7. The zero-order valence-electron chi connectivity index (χ0n) is 19.2. The third-order valence-electron chi connectivity index (χ3n) is 6.44. The summed E-state index contributed by atoms with van der Waals surface area (Å²) in [7, 11) is 0. The van der Waals surface area contributed by atoms with Crippen molar-refractivity contribution in [3.8, 4) is 0 Å². The number of rotatable bonds is 7. The number of hydrogen-bond donors (Lipinski definition) is 2. The number of hydrogen-bond acceptors (Lipinski definition) is 7. The first kappa shape index (κ1) is 24.9. The fraction of sp³-hybridized carbons (Fsp3) is 0.583. The van der Waals surface area contributed by atoms with E-state index in [1.165, 1.54) is 12.0 Å². The lowest BCUT2D eigenvalue weighted by molar-refractivity contribution is -0.131. The standard InChI is InChI=1S/C23H32N4O3.CH2O2/c1-17-24-23(25-30-17)21-7-10-27(11-8-21)22(29)15-19-4-2-18(3-5-19)14-20-6-9-26(16-20)12-13-28;2-1-3/h2-5,20-21,28H,6-16H2,1H3;1H,(H,2,3). The molecule has 9 nitrogen and oxygen atoms in total. The number of benzene rings is 1. The maximum atomic E-state index is 12.7. The summed E-state index contributed by atoms with van der Waals surface area (Å²) in [5.41, 5.74) is 2.41. The number of nitrogens with zero attached hydrogens (tertiary/aromatic N) is 4. The highest BCUT2D eigenvalue weighted by atomic mass is 16.5. The van der Waals surface area contributed by atoms with Crippen molar-refractivity contribution in [2.24, 2.45) is 5.92 Å². The van der Waals surface area contributed by atoms with E-state index < -0.39 is 0 Å². The van der Waals surface area contributed by atoms with Crippen LogP contribution in [0.1, 0.15) is 48.0 Å². The Kier molecular flexibility index (Phi) is 9.38. The van der Waals surface area contributed by atoms with Crippen molar-refractivity contribution in [1.82, 2.24) is 19.9 Å². The lowest BCUT2D eigenvalue weighted by atomic mass is 9.95. The van der Waals surface area contributed by atoms with E-state index in [0.717, 1.165) is 63.4 Å². The highest BCUT2D eigenvalue weighted by Crippen LogP contribution is 2.26. The first-order valence-electron chi connectivity index (χ1n) is 11.6. The van der Waals surface area contributed by atoms with Crippen LogP contribution in [0.5, 0.6) is 0 Å². The Bertz CT molecular complexity index is 877. The summed E-state index contributed by atoms with van der Waals surface area (Å²) >= 11 is 0. The van der Waals surface area contributed by atoms with Gasteiger partial charge in [0.25, 0.3) is 6.47 Å². The second-order valence-electron chi connectivity index (χ2n) is 8.81. The van der Waals surface area contributed by atoms with E-state index in [4.69, 9.17) is 19.5 Å². The number of carbonyl (C=O) groups is 2. The van der Waals surface area contributed by atoms with Crippen LogP contribution in [0, 0.1) is 12.8 Å². The minimum atomic E-state index is -0.250. The van der Waals surface area contributed by atoms with Crippen LogP contribution < -0.4 is 0 Å². The Morgan fingerprint density at radius 3 is 2.42 bits per heavy atom. The molecule has 0 bridgehead atoms. The van der Waals surface area contributed by atoms with Crippen LogP contribution in [0.4, 0.5) is 0 Å². The maximum Gasteiger partial charge on any atom is 0.290 e. The van der Waals surface area contributed by atoms with Gasteiger partial charge < -0.3 is 24.5 Å². The highest BCUT2D eigenvalue weighted by Gasteiger charge is 2.27. The molecule has 2 aromatic rings. The molecule has 180 valence electrons. The van der Waals surface area contributed by atoms with Gasteiger partial charge in [-0.25, -0.2) is 0 Å². The molecule has 1 atom stereocenters. The zero-order valence-corrected chi connectivity index (χ0v) is 19.2. The Morgan fingerprint density at radius 1 is 1.15 bits per heavy atom. The Balaban J connectivity index is 0.000000968. The normalized spacial score (nSPS) is 19.2. The van der Waals surface area contributed by atoms with Gasteiger partial charge in [0.15, 0.2) is 5.82 Å². The minimum Gasteiger partial charge on any atom is -0.483 e. The van der Waals surface area contributed by atoms with Gasteiger partial charge in [-0.15, -0.1) is 0 Å². The Morgan fingerprint density at radius 2 is 1.82 bits per heavy atom. The molecule has 2 N–H and O–H groups in total.